The summed E-state index contributed by atoms with van der Waals surface area (Å²) in [6, 6.07) is -0.850. The first-order valence-corrected chi connectivity index (χ1v) is 11.2. The van der Waals surface area contributed by atoms with E-state index in [1.54, 1.807) is 30.4 Å². The Balaban J connectivity index is 2.12. The van der Waals surface area contributed by atoms with E-state index in [-0.39, 0.29) is 62.0 Å². The molecule has 1 amide bonds. The van der Waals surface area contributed by atoms with Gasteiger partial charge in [-0.1, -0.05) is 50.3 Å². The fraction of sp³-hybridized carbons (Fsp3) is 0.625. The van der Waals surface area contributed by atoms with Crippen molar-refractivity contribution in [3.05, 3.63) is 36.5 Å². The number of aliphatic hydroxyl groups excluding tert-OH is 1. The van der Waals surface area contributed by atoms with Crippen molar-refractivity contribution in [1.82, 2.24) is 5.32 Å². The highest BCUT2D eigenvalue weighted by atomic mass is 16.6. The van der Waals surface area contributed by atoms with Crippen LogP contribution < -0.4 is 5.32 Å². The average Bonchev–Trinajstić information content (AvgIpc) is 2.77. The zero-order chi connectivity index (χ0) is 24.4. The second-order valence-electron chi connectivity index (χ2n) is 8.37. The number of amides is 1. The minimum atomic E-state index is -0.924. The molecule has 0 fully saturated rings. The summed E-state index contributed by atoms with van der Waals surface area (Å²) in [4.78, 5) is 36.6. The predicted octanol–water partition coefficient (Wildman–Crippen LogP) is 1.46. The number of methoxy groups -OCH3 is 1. The van der Waals surface area contributed by atoms with Gasteiger partial charge in [0.2, 0.25) is 5.91 Å². The first-order chi connectivity index (χ1) is 15.7. The lowest BCUT2D eigenvalue weighted by Gasteiger charge is -2.31. The molecule has 0 aromatic rings. The van der Waals surface area contributed by atoms with E-state index < -0.39 is 24.2 Å². The number of carbonyl (C=O) groups is 3. The number of hydrogen-bond acceptors (Lipinski definition) is 8. The third-order valence-corrected chi connectivity index (χ3v) is 5.61. The minimum Gasteiger partial charge on any atom is -0.463 e. The summed E-state index contributed by atoms with van der Waals surface area (Å²) in [7, 11) is 1.54. The molecule has 0 radical (unpaired) electrons. The van der Waals surface area contributed by atoms with Gasteiger partial charge in [0.15, 0.2) is 0 Å². The summed E-state index contributed by atoms with van der Waals surface area (Å²) in [6.45, 7) is 5.28. The smallest absolute Gasteiger partial charge is 0.328 e. The Morgan fingerprint density at radius 3 is 2.36 bits per heavy atom. The van der Waals surface area contributed by atoms with Crippen LogP contribution in [-0.4, -0.2) is 73.7 Å². The van der Waals surface area contributed by atoms with Crippen molar-refractivity contribution < 1.29 is 38.4 Å². The quantitative estimate of drug-likeness (QED) is 0.441. The average molecular weight is 466 g/mol. The summed E-state index contributed by atoms with van der Waals surface area (Å²) in [5.41, 5.74) is 0. The summed E-state index contributed by atoms with van der Waals surface area (Å²) in [6.07, 6.45) is 8.18. The molecule has 2 N–H and O–H groups in total. The van der Waals surface area contributed by atoms with E-state index in [9.17, 15) is 19.5 Å². The van der Waals surface area contributed by atoms with Crippen LogP contribution in [0.4, 0.5) is 0 Å². The highest BCUT2D eigenvalue weighted by Gasteiger charge is 2.30. The molecule has 2 aliphatic rings. The number of cyclic esters (lactones) is 2. The summed E-state index contributed by atoms with van der Waals surface area (Å²) < 4.78 is 21.9. The third kappa shape index (κ3) is 8.75. The molecule has 0 spiro atoms. The number of ether oxygens (including phenoxy) is 4. The first kappa shape index (κ1) is 26.8. The van der Waals surface area contributed by atoms with Gasteiger partial charge in [-0.2, -0.15) is 0 Å². The van der Waals surface area contributed by atoms with Gasteiger partial charge < -0.3 is 29.4 Å². The molecule has 0 aromatic carbocycles. The molecule has 0 aromatic heterocycles. The molecule has 2 heterocycles. The van der Waals surface area contributed by atoms with Gasteiger partial charge in [0, 0.05) is 25.4 Å². The van der Waals surface area contributed by atoms with Gasteiger partial charge in [-0.25, -0.2) is 4.79 Å². The molecule has 2 aliphatic heterocycles. The van der Waals surface area contributed by atoms with Crippen molar-refractivity contribution in [2.75, 3.05) is 20.3 Å². The Labute approximate surface area is 194 Å². The lowest BCUT2D eigenvalue weighted by Crippen LogP contribution is -2.44. The predicted molar refractivity (Wildman–Crippen MR) is 120 cm³/mol. The van der Waals surface area contributed by atoms with Crippen molar-refractivity contribution >= 4 is 17.8 Å². The van der Waals surface area contributed by atoms with Gasteiger partial charge in [-0.3, -0.25) is 9.59 Å². The van der Waals surface area contributed by atoms with E-state index in [1.165, 1.54) is 14.0 Å². The third-order valence-electron chi connectivity index (χ3n) is 5.61. The Morgan fingerprint density at radius 1 is 0.939 bits per heavy atom. The van der Waals surface area contributed by atoms with Gasteiger partial charge in [0.1, 0.15) is 31.5 Å². The van der Waals surface area contributed by atoms with Gasteiger partial charge >= 0.3 is 11.9 Å². The molecule has 2 rings (SSSR count). The number of hydrogen-bond donors (Lipinski definition) is 2. The van der Waals surface area contributed by atoms with Crippen LogP contribution in [0.25, 0.3) is 0 Å². The van der Waals surface area contributed by atoms with Crippen LogP contribution in [0.3, 0.4) is 0 Å². The number of rotatable bonds is 1. The Hall–Kier alpha value is -2.49. The van der Waals surface area contributed by atoms with Gasteiger partial charge in [-0.15, -0.1) is 0 Å². The van der Waals surface area contributed by atoms with Crippen LogP contribution in [0.15, 0.2) is 36.5 Å². The van der Waals surface area contributed by atoms with Crippen molar-refractivity contribution in [1.29, 1.82) is 0 Å². The van der Waals surface area contributed by atoms with E-state index in [0.717, 1.165) is 0 Å². The van der Waals surface area contributed by atoms with Crippen LogP contribution in [0.5, 0.6) is 0 Å². The molecule has 184 valence electrons. The van der Waals surface area contributed by atoms with Crippen LogP contribution in [0, 0.1) is 11.8 Å². The number of carbonyl (C=O) groups excluding carboxylic acids is 3. The Morgan fingerprint density at radius 2 is 1.64 bits per heavy atom. The number of esters is 2. The molecule has 7 atom stereocenters. The maximum absolute atomic E-state index is 12.3. The van der Waals surface area contributed by atoms with E-state index in [0.29, 0.717) is 0 Å². The van der Waals surface area contributed by atoms with E-state index in [2.05, 4.69) is 5.32 Å². The van der Waals surface area contributed by atoms with Crippen LogP contribution in [0.1, 0.15) is 33.6 Å². The van der Waals surface area contributed by atoms with Crippen molar-refractivity contribution in [3.8, 4) is 0 Å². The SMILES string of the molecule is CO[C@H]1COC(=O)C/C=C/[C@@H](C)[C@@H]2C=C[C@H](O)[C@@H](COC(=O)[C@@H](C)NC(=O)C/C=C/[C@@H]1C)O2. The second-order valence-corrected chi connectivity index (χ2v) is 8.37. The maximum Gasteiger partial charge on any atom is 0.328 e. The molecule has 33 heavy (non-hydrogen) atoms. The van der Waals surface area contributed by atoms with E-state index in [4.69, 9.17) is 18.9 Å². The monoisotopic (exact) mass is 465 g/mol. The highest BCUT2D eigenvalue weighted by Crippen LogP contribution is 2.21. The lowest BCUT2D eigenvalue weighted by molar-refractivity contribution is -0.157. The molecule has 0 unspecified atom stereocenters. The van der Waals surface area contributed by atoms with Crippen LogP contribution in [-0.2, 0) is 33.3 Å². The lowest BCUT2D eigenvalue weighted by atomic mass is 9.99. The Bertz CT molecular complexity index is 762. The molecular formula is C24H35NO8. The molecule has 2 bridgehead atoms. The van der Waals surface area contributed by atoms with Gasteiger partial charge in [-0.05, 0) is 6.92 Å². The standard InChI is InChI=1S/C24H35NO8/c1-15-8-6-10-23(28)31-13-20(30-4)16(2)7-5-9-22(27)25-17(3)24(29)32-14-21-18(26)11-12-19(15)33-21/h5-8,11-12,15-21,26H,9-10,13-14H2,1-4H3,(H,25,27)/b7-5+,8-6+/t15-,16+,17-,18+,19+,20+,21-/m1/s1. The molecular weight excluding hydrogens is 430 g/mol. The summed E-state index contributed by atoms with van der Waals surface area (Å²) >= 11 is 0. The summed E-state index contributed by atoms with van der Waals surface area (Å²) in [5.74, 6) is -1.53. The Kier molecular flexibility index (Phi) is 10.8. The molecule has 0 aliphatic carbocycles. The van der Waals surface area contributed by atoms with Gasteiger partial charge in [0.25, 0.3) is 0 Å². The molecule has 0 saturated carbocycles. The normalized spacial score (nSPS) is 37.1. The van der Waals surface area contributed by atoms with Gasteiger partial charge in [0.05, 0.1) is 18.6 Å². The summed E-state index contributed by atoms with van der Waals surface area (Å²) in [5, 5.41) is 12.8. The fourth-order valence-electron chi connectivity index (χ4n) is 3.43. The minimum absolute atomic E-state index is 0.0673. The largest absolute Gasteiger partial charge is 0.463 e. The maximum atomic E-state index is 12.3. The van der Waals surface area contributed by atoms with Crippen LogP contribution >= 0.6 is 0 Å². The van der Waals surface area contributed by atoms with E-state index in [1.807, 2.05) is 19.9 Å². The van der Waals surface area contributed by atoms with E-state index >= 15 is 0 Å². The zero-order valence-electron chi connectivity index (χ0n) is 19.6. The fourth-order valence-corrected chi connectivity index (χ4v) is 3.43. The topological polar surface area (TPSA) is 120 Å². The first-order valence-electron chi connectivity index (χ1n) is 11.2. The van der Waals surface area contributed by atoms with Crippen molar-refractivity contribution in [3.63, 3.8) is 0 Å². The highest BCUT2D eigenvalue weighted by molar-refractivity contribution is 5.84. The number of aliphatic hydroxyl groups is 1. The second kappa shape index (κ2) is 13.3. The van der Waals surface area contributed by atoms with Crippen molar-refractivity contribution in [2.45, 2.75) is 64.1 Å². The molecule has 9 nitrogen and oxygen atoms in total. The van der Waals surface area contributed by atoms with Crippen molar-refractivity contribution in [2.24, 2.45) is 11.8 Å². The molecule has 0 saturated heterocycles. The zero-order valence-corrected chi connectivity index (χ0v) is 19.6. The number of nitrogens with one attached hydrogen (secondary N) is 1. The van der Waals surface area contributed by atoms with Crippen LogP contribution in [0.2, 0.25) is 0 Å². The molecule has 9 heteroatoms. The number of fused-ring (bicyclic) bond motifs is 2.